The van der Waals surface area contributed by atoms with Gasteiger partial charge in [-0.1, -0.05) is 38.1 Å². The third kappa shape index (κ3) is 2.86. The monoisotopic (exact) mass is 300 g/mol. The molecule has 0 aliphatic carbocycles. The van der Waals surface area contributed by atoms with Gasteiger partial charge in [-0.05, 0) is 18.1 Å². The Balaban J connectivity index is 0.000000847. The van der Waals surface area contributed by atoms with E-state index in [-0.39, 0.29) is 12.3 Å². The van der Waals surface area contributed by atoms with Gasteiger partial charge < -0.3 is 5.73 Å². The average Bonchev–Trinajstić information content (AvgIpc) is 2.80. The SMILES string of the molecule is CC.Cc1ccccc1Cn1nc2c(c1N)C(=O)NC(=O)C2. The van der Waals surface area contributed by atoms with Crippen LogP contribution in [-0.2, 0) is 17.8 Å². The standard InChI is InChI=1S/C14H14N4O2.C2H6/c1-8-4-2-3-5-9(8)7-18-13(15)12-10(17-18)6-11(19)16-14(12)20;1-2/h2-5H,6-7,15H2,1H3,(H,16,19,20);1-2H3. The van der Waals surface area contributed by atoms with E-state index in [2.05, 4.69) is 10.4 Å². The molecule has 0 spiro atoms. The number of carbonyl (C=O) groups excluding carboxylic acids is 2. The first kappa shape index (κ1) is 15.8. The highest BCUT2D eigenvalue weighted by Gasteiger charge is 2.29. The molecule has 6 heteroatoms. The van der Waals surface area contributed by atoms with Gasteiger partial charge in [0.15, 0.2) is 0 Å². The summed E-state index contributed by atoms with van der Waals surface area (Å²) in [6.07, 6.45) is 0.0893. The van der Waals surface area contributed by atoms with Gasteiger partial charge in [0.25, 0.3) is 5.91 Å². The van der Waals surface area contributed by atoms with E-state index in [1.54, 1.807) is 4.68 Å². The van der Waals surface area contributed by atoms with Crippen LogP contribution in [0.15, 0.2) is 24.3 Å². The largest absolute Gasteiger partial charge is 0.383 e. The number of anilines is 1. The number of carbonyl (C=O) groups is 2. The fraction of sp³-hybridized carbons (Fsp3) is 0.312. The lowest BCUT2D eigenvalue weighted by Crippen LogP contribution is -2.37. The van der Waals surface area contributed by atoms with Gasteiger partial charge in [0.05, 0.1) is 18.7 Å². The molecule has 6 nitrogen and oxygen atoms in total. The van der Waals surface area contributed by atoms with Crippen LogP contribution in [0.3, 0.4) is 0 Å². The quantitative estimate of drug-likeness (QED) is 0.825. The van der Waals surface area contributed by atoms with Crippen molar-refractivity contribution in [1.29, 1.82) is 0 Å². The number of amides is 2. The van der Waals surface area contributed by atoms with E-state index in [1.807, 2.05) is 45.0 Å². The number of aryl methyl sites for hydroxylation is 1. The number of imide groups is 1. The lowest BCUT2D eigenvalue weighted by molar-refractivity contribution is -0.119. The molecule has 22 heavy (non-hydrogen) atoms. The molecule has 0 bridgehead atoms. The molecule has 1 aromatic carbocycles. The molecule has 0 unspecified atom stereocenters. The second-order valence-corrected chi connectivity index (χ2v) is 4.85. The first-order valence-electron chi connectivity index (χ1n) is 7.30. The summed E-state index contributed by atoms with van der Waals surface area (Å²) in [4.78, 5) is 23.1. The van der Waals surface area contributed by atoms with Crippen LogP contribution in [-0.4, -0.2) is 21.6 Å². The topological polar surface area (TPSA) is 90.0 Å². The van der Waals surface area contributed by atoms with E-state index >= 15 is 0 Å². The molecule has 0 saturated heterocycles. The van der Waals surface area contributed by atoms with Gasteiger partial charge in [-0.15, -0.1) is 0 Å². The Morgan fingerprint density at radius 2 is 1.95 bits per heavy atom. The number of nitrogen functional groups attached to an aromatic ring is 1. The van der Waals surface area contributed by atoms with Gasteiger partial charge in [0.1, 0.15) is 11.4 Å². The van der Waals surface area contributed by atoms with Gasteiger partial charge in [-0.2, -0.15) is 5.10 Å². The molecule has 0 fully saturated rings. The van der Waals surface area contributed by atoms with Gasteiger partial charge in [-0.25, -0.2) is 4.68 Å². The number of benzene rings is 1. The number of hydrogen-bond acceptors (Lipinski definition) is 4. The number of rotatable bonds is 2. The van der Waals surface area contributed by atoms with Crippen LogP contribution in [0.4, 0.5) is 5.82 Å². The van der Waals surface area contributed by atoms with Crippen LogP contribution >= 0.6 is 0 Å². The zero-order valence-electron chi connectivity index (χ0n) is 13.0. The molecule has 1 aliphatic heterocycles. The van der Waals surface area contributed by atoms with E-state index < -0.39 is 5.91 Å². The van der Waals surface area contributed by atoms with Gasteiger partial charge in [0, 0.05) is 0 Å². The fourth-order valence-electron chi connectivity index (χ4n) is 2.35. The van der Waals surface area contributed by atoms with Gasteiger partial charge >= 0.3 is 0 Å². The summed E-state index contributed by atoms with van der Waals surface area (Å²) in [5.74, 6) is -0.513. The Bertz CT molecular complexity index is 719. The van der Waals surface area contributed by atoms with E-state index in [1.165, 1.54) is 0 Å². The second kappa shape index (κ2) is 6.43. The summed E-state index contributed by atoms with van der Waals surface area (Å²) >= 11 is 0. The minimum Gasteiger partial charge on any atom is -0.383 e. The predicted octanol–water partition coefficient (Wildman–Crippen LogP) is 1.66. The lowest BCUT2D eigenvalue weighted by atomic mass is 10.1. The number of aromatic nitrogens is 2. The van der Waals surface area contributed by atoms with Crippen molar-refractivity contribution < 1.29 is 9.59 Å². The molecule has 1 aromatic heterocycles. The molecule has 2 amide bonds. The molecular formula is C16H20N4O2. The summed E-state index contributed by atoms with van der Waals surface area (Å²) in [5, 5.41) is 6.55. The Morgan fingerprint density at radius 3 is 2.64 bits per heavy atom. The molecule has 1 aliphatic rings. The summed E-state index contributed by atoms with van der Waals surface area (Å²) < 4.78 is 1.57. The van der Waals surface area contributed by atoms with Gasteiger partial charge in [-0.3, -0.25) is 14.9 Å². The predicted molar refractivity (Wildman–Crippen MR) is 84.4 cm³/mol. The molecule has 0 atom stereocenters. The highest BCUT2D eigenvalue weighted by atomic mass is 16.2. The van der Waals surface area contributed by atoms with Crippen molar-refractivity contribution in [2.75, 3.05) is 5.73 Å². The normalized spacial score (nSPS) is 13.0. The summed E-state index contributed by atoms with van der Waals surface area (Å²) in [6.45, 7) is 6.48. The van der Waals surface area contributed by atoms with Crippen molar-refractivity contribution in [3.05, 3.63) is 46.6 Å². The smallest absolute Gasteiger partial charge is 0.263 e. The second-order valence-electron chi connectivity index (χ2n) is 4.85. The molecular weight excluding hydrogens is 280 g/mol. The van der Waals surface area contributed by atoms with E-state index in [0.717, 1.165) is 11.1 Å². The first-order valence-corrected chi connectivity index (χ1v) is 7.30. The summed E-state index contributed by atoms with van der Waals surface area (Å²) in [7, 11) is 0. The molecule has 3 rings (SSSR count). The molecule has 116 valence electrons. The van der Waals surface area contributed by atoms with Crippen molar-refractivity contribution >= 4 is 17.6 Å². The van der Waals surface area contributed by atoms with Crippen LogP contribution in [0.2, 0.25) is 0 Å². The Labute approximate surface area is 129 Å². The van der Waals surface area contributed by atoms with Crippen LogP contribution in [0, 0.1) is 6.92 Å². The molecule has 3 N–H and O–H groups in total. The molecule has 0 saturated carbocycles. The molecule has 0 radical (unpaired) electrons. The maximum Gasteiger partial charge on any atom is 0.263 e. The summed E-state index contributed by atoms with van der Waals surface area (Å²) in [6, 6.07) is 7.90. The van der Waals surface area contributed by atoms with Gasteiger partial charge in [0.2, 0.25) is 5.91 Å². The van der Waals surface area contributed by atoms with E-state index in [0.29, 0.717) is 23.6 Å². The number of nitrogens with zero attached hydrogens (tertiary/aromatic N) is 2. The minimum atomic E-state index is -0.468. The maximum atomic E-state index is 11.8. The van der Waals surface area contributed by atoms with Crippen LogP contribution < -0.4 is 11.1 Å². The average molecular weight is 300 g/mol. The van der Waals surface area contributed by atoms with Crippen LogP contribution in [0.1, 0.15) is 41.0 Å². The number of hydrogen-bond donors (Lipinski definition) is 2. The van der Waals surface area contributed by atoms with Crippen molar-refractivity contribution in [2.45, 2.75) is 33.7 Å². The zero-order chi connectivity index (χ0) is 16.3. The minimum absolute atomic E-state index is 0.0893. The van der Waals surface area contributed by atoms with Crippen molar-refractivity contribution in [2.24, 2.45) is 0 Å². The number of nitrogens with one attached hydrogen (secondary N) is 1. The van der Waals surface area contributed by atoms with Crippen LogP contribution in [0.5, 0.6) is 0 Å². The maximum absolute atomic E-state index is 11.8. The zero-order valence-corrected chi connectivity index (χ0v) is 13.0. The molecule has 2 aromatic rings. The summed E-state index contributed by atoms with van der Waals surface area (Å²) in [5.41, 5.74) is 8.95. The van der Waals surface area contributed by atoms with E-state index in [4.69, 9.17) is 5.73 Å². The number of nitrogens with two attached hydrogens (primary N) is 1. The highest BCUT2D eigenvalue weighted by molar-refractivity contribution is 6.11. The lowest BCUT2D eigenvalue weighted by Gasteiger charge is -2.09. The fourth-order valence-corrected chi connectivity index (χ4v) is 2.35. The highest BCUT2D eigenvalue weighted by Crippen LogP contribution is 2.22. The number of fused-ring (bicyclic) bond motifs is 1. The Kier molecular flexibility index (Phi) is 4.60. The van der Waals surface area contributed by atoms with E-state index in [9.17, 15) is 9.59 Å². The van der Waals surface area contributed by atoms with Crippen molar-refractivity contribution in [1.82, 2.24) is 15.1 Å². The Morgan fingerprint density at radius 1 is 1.27 bits per heavy atom. The van der Waals surface area contributed by atoms with Crippen LogP contribution in [0.25, 0.3) is 0 Å². The van der Waals surface area contributed by atoms with Crippen molar-refractivity contribution in [3.8, 4) is 0 Å². The third-order valence-electron chi connectivity index (χ3n) is 3.45. The first-order chi connectivity index (χ1) is 10.6. The third-order valence-corrected chi connectivity index (χ3v) is 3.45. The molecule has 2 heterocycles. The Hall–Kier alpha value is -2.63. The van der Waals surface area contributed by atoms with Crippen molar-refractivity contribution in [3.63, 3.8) is 0 Å².